The van der Waals surface area contributed by atoms with E-state index >= 15 is 0 Å². The molecular weight excluding hydrogens is 324 g/mol. The highest BCUT2D eigenvalue weighted by Gasteiger charge is 2.17. The van der Waals surface area contributed by atoms with Crippen LogP contribution in [-0.4, -0.2) is 36.6 Å². The molecule has 128 valence electrons. The maximum absolute atomic E-state index is 5.52. The smallest absolute Gasteiger partial charge is 0.161 e. The molecule has 0 aliphatic carbocycles. The summed E-state index contributed by atoms with van der Waals surface area (Å²) < 4.78 is 16.3. The van der Waals surface area contributed by atoms with Gasteiger partial charge in [0.05, 0.1) is 27.0 Å². The van der Waals surface area contributed by atoms with Gasteiger partial charge in [0.2, 0.25) is 0 Å². The molecule has 0 saturated heterocycles. The molecule has 1 aliphatic heterocycles. The third-order valence-corrected chi connectivity index (χ3v) is 4.94. The van der Waals surface area contributed by atoms with Crippen molar-refractivity contribution in [2.24, 2.45) is 4.99 Å². The van der Waals surface area contributed by atoms with Crippen molar-refractivity contribution in [1.82, 2.24) is 4.90 Å². The van der Waals surface area contributed by atoms with E-state index in [9.17, 15) is 0 Å². The van der Waals surface area contributed by atoms with E-state index in [4.69, 9.17) is 18.9 Å². The number of rotatable bonds is 6. The Kier molecular flexibility index (Phi) is 5.69. The van der Waals surface area contributed by atoms with E-state index in [1.165, 1.54) is 0 Å². The summed E-state index contributed by atoms with van der Waals surface area (Å²) in [7, 11) is 3.30. The minimum atomic E-state index is 0.702. The number of aliphatic imine (C=N–C) groups is 1. The van der Waals surface area contributed by atoms with Gasteiger partial charge in [0, 0.05) is 18.8 Å². The van der Waals surface area contributed by atoms with E-state index in [0.29, 0.717) is 6.54 Å². The first-order valence-corrected chi connectivity index (χ1v) is 8.94. The van der Waals surface area contributed by atoms with Crippen molar-refractivity contribution in [1.29, 1.82) is 0 Å². The molecule has 1 aromatic carbocycles. The van der Waals surface area contributed by atoms with Crippen LogP contribution in [0.3, 0.4) is 0 Å². The standard InChI is InChI=1S/C18H22N2O3S/c1-21-16-7-6-14(11-17(16)22-2)12-20(13-15-5-3-9-23-15)18-19-8-4-10-24-18/h3,5-7,9,11H,4,8,10,12-13H2,1-2H3. The molecule has 0 bridgehead atoms. The lowest BCUT2D eigenvalue weighted by Crippen LogP contribution is -2.29. The van der Waals surface area contributed by atoms with E-state index in [1.54, 1.807) is 20.5 Å². The monoisotopic (exact) mass is 346 g/mol. The average Bonchev–Trinajstić information content (AvgIpc) is 3.15. The maximum atomic E-state index is 5.52. The zero-order valence-electron chi connectivity index (χ0n) is 14.0. The topological polar surface area (TPSA) is 47.2 Å². The molecule has 2 heterocycles. The number of hydrogen-bond donors (Lipinski definition) is 0. The third-order valence-electron chi connectivity index (χ3n) is 3.80. The van der Waals surface area contributed by atoms with Crippen molar-refractivity contribution in [3.8, 4) is 11.5 Å². The highest BCUT2D eigenvalue weighted by atomic mass is 32.2. The molecule has 3 rings (SSSR count). The summed E-state index contributed by atoms with van der Waals surface area (Å²) in [6.07, 6.45) is 2.85. The van der Waals surface area contributed by atoms with Gasteiger partial charge in [0.1, 0.15) is 5.76 Å². The van der Waals surface area contributed by atoms with Crippen LogP contribution in [0.4, 0.5) is 0 Å². The van der Waals surface area contributed by atoms with E-state index in [1.807, 2.05) is 36.0 Å². The minimum Gasteiger partial charge on any atom is -0.493 e. The quantitative estimate of drug-likeness (QED) is 0.796. The molecule has 0 amide bonds. The summed E-state index contributed by atoms with van der Waals surface area (Å²) in [6, 6.07) is 9.93. The fourth-order valence-corrected chi connectivity index (χ4v) is 3.57. The molecule has 0 unspecified atom stereocenters. The molecule has 0 spiro atoms. The van der Waals surface area contributed by atoms with Gasteiger partial charge in [-0.2, -0.15) is 0 Å². The zero-order valence-corrected chi connectivity index (χ0v) is 14.8. The maximum Gasteiger partial charge on any atom is 0.161 e. The molecule has 1 aromatic heterocycles. The molecule has 24 heavy (non-hydrogen) atoms. The van der Waals surface area contributed by atoms with Crippen molar-refractivity contribution in [3.05, 3.63) is 47.9 Å². The van der Waals surface area contributed by atoms with Gasteiger partial charge >= 0.3 is 0 Å². The van der Waals surface area contributed by atoms with Crippen molar-refractivity contribution in [2.75, 3.05) is 26.5 Å². The summed E-state index contributed by atoms with van der Waals surface area (Å²) in [6.45, 7) is 2.34. The Balaban J connectivity index is 1.81. The largest absolute Gasteiger partial charge is 0.493 e. The van der Waals surface area contributed by atoms with Gasteiger partial charge in [-0.15, -0.1) is 0 Å². The SMILES string of the molecule is COc1ccc(CN(Cc2ccco2)C2=NCCCS2)cc1OC. The predicted octanol–water partition coefficient (Wildman–Crippen LogP) is 3.79. The summed E-state index contributed by atoms with van der Waals surface area (Å²) in [4.78, 5) is 6.94. The van der Waals surface area contributed by atoms with Crippen LogP contribution in [0.1, 0.15) is 17.7 Å². The zero-order chi connectivity index (χ0) is 16.8. The van der Waals surface area contributed by atoms with Crippen molar-refractivity contribution < 1.29 is 13.9 Å². The first-order chi connectivity index (χ1) is 11.8. The van der Waals surface area contributed by atoms with Gasteiger partial charge in [0.25, 0.3) is 0 Å². The number of hydrogen-bond acceptors (Lipinski definition) is 6. The molecule has 1 aliphatic rings. The Bertz CT molecular complexity index is 686. The Morgan fingerprint density at radius 2 is 2.04 bits per heavy atom. The first kappa shape index (κ1) is 16.8. The molecule has 0 radical (unpaired) electrons. The number of furan rings is 1. The number of ether oxygens (including phenoxy) is 2. The van der Waals surface area contributed by atoms with Gasteiger partial charge in [-0.25, -0.2) is 0 Å². The Labute approximate surface area is 146 Å². The lowest BCUT2D eigenvalue weighted by atomic mass is 10.2. The van der Waals surface area contributed by atoms with Crippen LogP contribution < -0.4 is 9.47 Å². The van der Waals surface area contributed by atoms with Crippen LogP contribution in [0.2, 0.25) is 0 Å². The van der Waals surface area contributed by atoms with Crippen molar-refractivity contribution in [2.45, 2.75) is 19.5 Å². The van der Waals surface area contributed by atoms with Crippen LogP contribution in [0, 0.1) is 0 Å². The number of methoxy groups -OCH3 is 2. The van der Waals surface area contributed by atoms with Crippen LogP contribution >= 0.6 is 11.8 Å². The van der Waals surface area contributed by atoms with Gasteiger partial charge in [-0.05, 0) is 36.2 Å². The predicted molar refractivity (Wildman–Crippen MR) is 96.9 cm³/mol. The van der Waals surface area contributed by atoms with Gasteiger partial charge < -0.3 is 18.8 Å². The fraction of sp³-hybridized carbons (Fsp3) is 0.389. The van der Waals surface area contributed by atoms with Crippen LogP contribution in [0.15, 0.2) is 46.0 Å². The highest BCUT2D eigenvalue weighted by Crippen LogP contribution is 2.29. The van der Waals surface area contributed by atoms with Crippen molar-refractivity contribution in [3.63, 3.8) is 0 Å². The lowest BCUT2D eigenvalue weighted by Gasteiger charge is -2.27. The number of amidine groups is 1. The molecule has 6 heteroatoms. The Morgan fingerprint density at radius 1 is 1.17 bits per heavy atom. The number of nitrogens with zero attached hydrogens (tertiary/aromatic N) is 2. The van der Waals surface area contributed by atoms with E-state index in [2.05, 4.69) is 11.0 Å². The minimum absolute atomic E-state index is 0.702. The highest BCUT2D eigenvalue weighted by molar-refractivity contribution is 8.13. The molecule has 0 saturated carbocycles. The molecule has 5 nitrogen and oxygen atoms in total. The Morgan fingerprint density at radius 3 is 2.71 bits per heavy atom. The molecule has 2 aromatic rings. The number of benzene rings is 1. The average molecular weight is 346 g/mol. The normalized spacial score (nSPS) is 14.2. The second-order valence-electron chi connectivity index (χ2n) is 5.49. The van der Waals surface area contributed by atoms with E-state index < -0.39 is 0 Å². The summed E-state index contributed by atoms with van der Waals surface area (Å²) in [5.74, 6) is 3.53. The van der Waals surface area contributed by atoms with Crippen LogP contribution in [-0.2, 0) is 13.1 Å². The summed E-state index contributed by atoms with van der Waals surface area (Å²) >= 11 is 1.81. The molecule has 0 fully saturated rings. The summed E-state index contributed by atoms with van der Waals surface area (Å²) in [5, 5.41) is 1.08. The van der Waals surface area contributed by atoms with Crippen molar-refractivity contribution >= 4 is 16.9 Å². The second kappa shape index (κ2) is 8.15. The molecule has 0 atom stereocenters. The van der Waals surface area contributed by atoms with Crippen LogP contribution in [0.5, 0.6) is 11.5 Å². The first-order valence-electron chi connectivity index (χ1n) is 7.95. The summed E-state index contributed by atoms with van der Waals surface area (Å²) in [5.41, 5.74) is 1.15. The van der Waals surface area contributed by atoms with E-state index in [0.717, 1.165) is 53.3 Å². The van der Waals surface area contributed by atoms with Gasteiger partial charge in [0.15, 0.2) is 16.7 Å². The van der Waals surface area contributed by atoms with Gasteiger partial charge in [-0.3, -0.25) is 4.99 Å². The second-order valence-corrected chi connectivity index (χ2v) is 6.55. The van der Waals surface area contributed by atoms with Crippen LogP contribution in [0.25, 0.3) is 0 Å². The third kappa shape index (κ3) is 4.06. The fourth-order valence-electron chi connectivity index (χ4n) is 2.62. The molecular formula is C18H22N2O3S. The van der Waals surface area contributed by atoms with E-state index in [-0.39, 0.29) is 0 Å². The lowest BCUT2D eigenvalue weighted by molar-refractivity contribution is 0.348. The molecule has 0 N–H and O–H groups in total. The number of thioether (sulfide) groups is 1. The Hall–Kier alpha value is -2.08. The van der Waals surface area contributed by atoms with Gasteiger partial charge in [-0.1, -0.05) is 17.8 Å².